The summed E-state index contributed by atoms with van der Waals surface area (Å²) in [5.41, 5.74) is 2.74. The van der Waals surface area contributed by atoms with Crippen LogP contribution in [0.25, 0.3) is 0 Å². The minimum atomic E-state index is -3.44. The van der Waals surface area contributed by atoms with Crippen molar-refractivity contribution in [3.8, 4) is 11.5 Å². The number of rotatable bonds is 13. The van der Waals surface area contributed by atoms with E-state index in [4.69, 9.17) is 9.47 Å². The van der Waals surface area contributed by atoms with Gasteiger partial charge in [0.2, 0.25) is 16.0 Å². The second-order valence-electron chi connectivity index (χ2n) is 8.81. The van der Waals surface area contributed by atoms with E-state index in [9.17, 15) is 8.42 Å². The summed E-state index contributed by atoms with van der Waals surface area (Å²) in [4.78, 5) is 8.08. The lowest BCUT2D eigenvalue weighted by molar-refractivity contribution is 0.301. The molecule has 35 heavy (non-hydrogen) atoms. The Bertz CT molecular complexity index is 1180. The molecule has 3 rings (SSSR count). The van der Waals surface area contributed by atoms with Crippen LogP contribution in [0.3, 0.4) is 0 Å². The normalized spacial score (nSPS) is 11.8. The number of aromatic nitrogens is 2. The van der Waals surface area contributed by atoms with Crippen molar-refractivity contribution < 1.29 is 17.9 Å². The molecular weight excluding hydrogens is 530 g/mol. The first-order valence-electron chi connectivity index (χ1n) is 11.5. The molecule has 0 radical (unpaired) electrons. The van der Waals surface area contributed by atoms with Gasteiger partial charge in [-0.3, -0.25) is 4.72 Å². The van der Waals surface area contributed by atoms with E-state index in [2.05, 4.69) is 68.7 Å². The van der Waals surface area contributed by atoms with Gasteiger partial charge in [-0.2, -0.15) is 0 Å². The van der Waals surface area contributed by atoms with Crippen LogP contribution < -0.4 is 14.2 Å². The number of nitrogens with zero attached hydrogens (tertiary/aromatic N) is 2. The topological polar surface area (TPSA) is 90.4 Å². The van der Waals surface area contributed by atoms with E-state index < -0.39 is 10.0 Å². The van der Waals surface area contributed by atoms with Crippen molar-refractivity contribution in [1.82, 2.24) is 9.97 Å². The molecule has 0 aliphatic heterocycles. The lowest BCUT2D eigenvalue weighted by Crippen LogP contribution is -2.18. The van der Waals surface area contributed by atoms with Crippen LogP contribution in [0.1, 0.15) is 49.9 Å². The second-order valence-corrected chi connectivity index (χ2v) is 11.3. The predicted molar refractivity (Wildman–Crippen MR) is 143 cm³/mol. The monoisotopic (exact) mass is 561 g/mol. The fourth-order valence-electron chi connectivity index (χ4n) is 3.51. The minimum Gasteiger partial charge on any atom is -0.494 e. The Hall–Kier alpha value is -2.65. The number of nitrogens with one attached hydrogen (secondary N) is 1. The van der Waals surface area contributed by atoms with Gasteiger partial charge in [0.05, 0.1) is 18.6 Å². The number of benzene rings is 2. The molecule has 0 aliphatic rings. The highest BCUT2D eigenvalue weighted by molar-refractivity contribution is 9.09. The Labute approximate surface area is 216 Å². The lowest BCUT2D eigenvalue weighted by Gasteiger charge is -2.26. The number of ether oxygens (including phenoxy) is 2. The maximum Gasteiger partial charge on any atom is 0.236 e. The molecule has 0 spiro atoms. The van der Waals surface area contributed by atoms with Crippen LogP contribution in [-0.4, -0.2) is 36.6 Å². The molecule has 0 bridgehead atoms. The molecule has 0 saturated heterocycles. The molecule has 7 nitrogen and oxygen atoms in total. The number of hydrogen-bond donors (Lipinski definition) is 1. The Morgan fingerprint density at radius 1 is 0.886 bits per heavy atom. The predicted octanol–water partition coefficient (Wildman–Crippen LogP) is 5.70. The van der Waals surface area contributed by atoms with Gasteiger partial charge in [0.25, 0.3) is 0 Å². The van der Waals surface area contributed by atoms with Crippen molar-refractivity contribution in [3.63, 3.8) is 0 Å². The highest BCUT2D eigenvalue weighted by Crippen LogP contribution is 2.33. The summed E-state index contributed by atoms with van der Waals surface area (Å²) in [5, 5.41) is 1.04. The molecule has 1 aromatic heterocycles. The summed E-state index contributed by atoms with van der Waals surface area (Å²) in [7, 11) is -3.44. The molecule has 1 heterocycles. The number of unbranched alkanes of at least 4 members (excludes halogenated alkanes) is 2. The third kappa shape index (κ3) is 8.50. The van der Waals surface area contributed by atoms with Gasteiger partial charge in [0.1, 0.15) is 18.1 Å². The Morgan fingerprint density at radius 3 is 2.06 bits per heavy atom. The van der Waals surface area contributed by atoms with E-state index in [0.717, 1.165) is 42.3 Å². The molecular formula is C26H32BrN3O4S. The Morgan fingerprint density at radius 2 is 1.49 bits per heavy atom. The van der Waals surface area contributed by atoms with Gasteiger partial charge in [-0.1, -0.05) is 54.0 Å². The average Bonchev–Trinajstić information content (AvgIpc) is 2.82. The third-order valence-corrected chi connectivity index (χ3v) is 6.69. The van der Waals surface area contributed by atoms with Gasteiger partial charge in [0.15, 0.2) is 0 Å². The molecule has 1 N–H and O–H groups in total. The molecule has 0 unspecified atom stereocenters. The number of alkyl halides is 1. The van der Waals surface area contributed by atoms with E-state index in [1.165, 1.54) is 18.2 Å². The van der Waals surface area contributed by atoms with Crippen molar-refractivity contribution >= 4 is 31.9 Å². The molecule has 2 aromatic carbocycles. The van der Waals surface area contributed by atoms with Crippen LogP contribution >= 0.6 is 15.9 Å². The number of halogens is 1. The summed E-state index contributed by atoms with van der Waals surface area (Å²) in [6, 6.07) is 18.0. The van der Waals surface area contributed by atoms with E-state index in [1.54, 1.807) is 6.07 Å². The molecule has 0 fully saturated rings. The maximum atomic E-state index is 11.4. The second kappa shape index (κ2) is 12.4. The molecule has 0 amide bonds. The van der Waals surface area contributed by atoms with Crippen molar-refractivity contribution in [3.05, 3.63) is 77.6 Å². The first-order chi connectivity index (χ1) is 16.7. The molecule has 0 aliphatic carbocycles. The average molecular weight is 563 g/mol. The van der Waals surface area contributed by atoms with Crippen molar-refractivity contribution in [1.29, 1.82) is 0 Å². The van der Waals surface area contributed by atoms with Gasteiger partial charge >= 0.3 is 0 Å². The van der Waals surface area contributed by atoms with Crippen molar-refractivity contribution in [2.75, 3.05) is 22.9 Å². The fraction of sp³-hybridized carbons (Fsp3) is 0.385. The zero-order valence-electron chi connectivity index (χ0n) is 20.3. The van der Waals surface area contributed by atoms with Crippen molar-refractivity contribution in [2.24, 2.45) is 0 Å². The number of anilines is 1. The summed E-state index contributed by atoms with van der Waals surface area (Å²) in [6.45, 7) is 5.31. The molecule has 0 atom stereocenters. The largest absolute Gasteiger partial charge is 0.494 e. The first kappa shape index (κ1) is 26.9. The number of sulfonamides is 1. The fourth-order valence-corrected chi connectivity index (χ4v) is 4.34. The summed E-state index contributed by atoms with van der Waals surface area (Å²) in [6.07, 6.45) is 5.94. The SMILES string of the molecule is CC(C)(c1ccc(OCCCCCBr)cc1)c1ccc(OCc2ccnc(NS(C)(=O)=O)n2)cc1. The smallest absolute Gasteiger partial charge is 0.236 e. The quantitative estimate of drug-likeness (QED) is 0.213. The van der Waals surface area contributed by atoms with Crippen LogP contribution in [0.2, 0.25) is 0 Å². The zero-order chi connectivity index (χ0) is 25.3. The molecule has 0 saturated carbocycles. The lowest BCUT2D eigenvalue weighted by atomic mass is 9.78. The van der Waals surface area contributed by atoms with E-state index in [1.807, 2.05) is 24.3 Å². The van der Waals surface area contributed by atoms with Gasteiger partial charge in [-0.15, -0.1) is 0 Å². The molecule has 188 valence electrons. The zero-order valence-corrected chi connectivity index (χ0v) is 22.7. The molecule has 3 aromatic rings. The van der Waals surface area contributed by atoms with Gasteiger partial charge in [0, 0.05) is 16.9 Å². The summed E-state index contributed by atoms with van der Waals surface area (Å²) in [5.74, 6) is 1.62. The van der Waals surface area contributed by atoms with Crippen LogP contribution in [0.15, 0.2) is 60.8 Å². The highest BCUT2D eigenvalue weighted by Gasteiger charge is 2.23. The first-order valence-corrected chi connectivity index (χ1v) is 14.5. The molecule has 9 heteroatoms. The Balaban J connectivity index is 1.58. The highest BCUT2D eigenvalue weighted by atomic mass is 79.9. The van der Waals surface area contributed by atoms with Crippen LogP contribution in [0.4, 0.5) is 5.95 Å². The standard InChI is InChI=1S/C26H32BrN3O4S/c1-26(2,20-7-11-23(12-8-20)33-18-6-4-5-16-27)21-9-13-24(14-10-21)34-19-22-15-17-28-25(29-22)30-35(3,31)32/h7-15,17H,4-6,16,18-19H2,1-3H3,(H,28,29,30). The van der Waals surface area contributed by atoms with E-state index in [0.29, 0.717) is 11.4 Å². The van der Waals surface area contributed by atoms with E-state index in [-0.39, 0.29) is 18.0 Å². The summed E-state index contributed by atoms with van der Waals surface area (Å²) >= 11 is 3.45. The van der Waals surface area contributed by atoms with Crippen LogP contribution in [0, 0.1) is 0 Å². The van der Waals surface area contributed by atoms with Crippen LogP contribution in [-0.2, 0) is 22.0 Å². The third-order valence-electron chi connectivity index (χ3n) is 5.58. The van der Waals surface area contributed by atoms with E-state index >= 15 is 0 Å². The maximum absolute atomic E-state index is 11.4. The Kier molecular flexibility index (Phi) is 9.51. The van der Waals surface area contributed by atoms with Gasteiger partial charge in [-0.05, 0) is 60.7 Å². The van der Waals surface area contributed by atoms with Crippen molar-refractivity contribution in [2.45, 2.75) is 45.1 Å². The summed E-state index contributed by atoms with van der Waals surface area (Å²) < 4.78 is 36.7. The van der Waals surface area contributed by atoms with Crippen LogP contribution in [0.5, 0.6) is 11.5 Å². The number of hydrogen-bond acceptors (Lipinski definition) is 6. The van der Waals surface area contributed by atoms with Gasteiger partial charge < -0.3 is 9.47 Å². The van der Waals surface area contributed by atoms with Gasteiger partial charge in [-0.25, -0.2) is 18.4 Å². The minimum absolute atomic E-state index is 0.0248.